The minimum Gasteiger partial charge on any atom is -0.494 e. The van der Waals surface area contributed by atoms with Crippen LogP contribution in [0.1, 0.15) is 31.2 Å². The van der Waals surface area contributed by atoms with Crippen LogP contribution in [-0.2, 0) is 5.54 Å². The molecule has 1 aliphatic carbocycles. The lowest BCUT2D eigenvalue weighted by Gasteiger charge is -2.26. The minimum absolute atomic E-state index is 0.187. The Morgan fingerprint density at radius 2 is 1.82 bits per heavy atom. The van der Waals surface area contributed by atoms with Gasteiger partial charge < -0.3 is 15.2 Å². The lowest BCUT2D eigenvalue weighted by Crippen LogP contribution is -2.33. The van der Waals surface area contributed by atoms with Crippen molar-refractivity contribution in [1.82, 2.24) is 0 Å². The second kappa shape index (κ2) is 4.53. The first-order valence-corrected chi connectivity index (χ1v) is 5.82. The quantitative estimate of drug-likeness (QED) is 0.881. The highest BCUT2D eigenvalue weighted by molar-refractivity contribution is 5.46. The fourth-order valence-corrected chi connectivity index (χ4v) is 2.56. The van der Waals surface area contributed by atoms with Crippen molar-refractivity contribution in [3.05, 3.63) is 23.5 Å². The molecule has 3 nitrogen and oxygen atoms in total. The van der Waals surface area contributed by atoms with E-state index in [1.807, 2.05) is 6.07 Å². The zero-order valence-electron chi connectivity index (χ0n) is 10.3. The van der Waals surface area contributed by atoms with Crippen molar-refractivity contribution in [3.8, 4) is 11.5 Å². The lowest BCUT2D eigenvalue weighted by atomic mass is 9.88. The molecule has 0 spiro atoms. The van der Waals surface area contributed by atoms with Crippen molar-refractivity contribution in [1.29, 1.82) is 0 Å². The maximum atomic E-state index is 14.1. The van der Waals surface area contributed by atoms with Gasteiger partial charge in [-0.25, -0.2) is 0 Å². The molecule has 1 aliphatic rings. The van der Waals surface area contributed by atoms with Gasteiger partial charge in [-0.1, -0.05) is 12.8 Å². The molecule has 4 heteroatoms. The van der Waals surface area contributed by atoms with Crippen LogP contribution in [0.2, 0.25) is 0 Å². The van der Waals surface area contributed by atoms with Crippen molar-refractivity contribution in [2.75, 3.05) is 14.2 Å². The van der Waals surface area contributed by atoms with E-state index < -0.39 is 11.4 Å². The summed E-state index contributed by atoms with van der Waals surface area (Å²) >= 11 is 0. The standard InChI is InChI=1S/C13H18FNO2/c1-16-10-6-5-9(12(17-2)11(10)14)13(15)7-3-4-8-13/h5-6H,3-4,7-8,15H2,1-2H3. The lowest BCUT2D eigenvalue weighted by molar-refractivity contribution is 0.333. The molecule has 0 unspecified atom stereocenters. The minimum atomic E-state index is -0.468. The maximum absolute atomic E-state index is 14.1. The highest BCUT2D eigenvalue weighted by Crippen LogP contribution is 2.43. The van der Waals surface area contributed by atoms with Gasteiger partial charge in [-0.3, -0.25) is 0 Å². The Balaban J connectivity index is 2.50. The summed E-state index contributed by atoms with van der Waals surface area (Å²) in [6.07, 6.45) is 3.89. The third kappa shape index (κ3) is 1.97. The van der Waals surface area contributed by atoms with Crippen LogP contribution in [0.3, 0.4) is 0 Å². The van der Waals surface area contributed by atoms with Crippen molar-refractivity contribution in [3.63, 3.8) is 0 Å². The van der Waals surface area contributed by atoms with Gasteiger partial charge in [0.2, 0.25) is 5.82 Å². The molecule has 0 heterocycles. The molecule has 1 aromatic rings. The van der Waals surface area contributed by atoms with Crippen molar-refractivity contribution in [2.45, 2.75) is 31.2 Å². The number of nitrogens with two attached hydrogens (primary N) is 1. The second-order valence-electron chi connectivity index (χ2n) is 4.53. The zero-order valence-corrected chi connectivity index (χ0v) is 10.3. The Hall–Kier alpha value is -1.29. The fourth-order valence-electron chi connectivity index (χ4n) is 2.56. The van der Waals surface area contributed by atoms with E-state index >= 15 is 0 Å². The summed E-state index contributed by atoms with van der Waals surface area (Å²) in [5, 5.41) is 0. The third-order valence-electron chi connectivity index (χ3n) is 3.52. The van der Waals surface area contributed by atoms with Gasteiger partial charge in [0.1, 0.15) is 0 Å². The summed E-state index contributed by atoms with van der Waals surface area (Å²) in [4.78, 5) is 0. The highest BCUT2D eigenvalue weighted by atomic mass is 19.1. The monoisotopic (exact) mass is 239 g/mol. The molecule has 94 valence electrons. The molecular formula is C13H18FNO2. The zero-order chi connectivity index (χ0) is 12.5. The van der Waals surface area contributed by atoms with Gasteiger partial charge in [0.15, 0.2) is 11.5 Å². The third-order valence-corrected chi connectivity index (χ3v) is 3.52. The number of hydrogen-bond acceptors (Lipinski definition) is 3. The summed E-state index contributed by atoms with van der Waals surface area (Å²) in [6, 6.07) is 3.42. The molecule has 0 aliphatic heterocycles. The summed E-state index contributed by atoms with van der Waals surface area (Å²) in [7, 11) is 2.89. The molecule has 1 saturated carbocycles. The molecular weight excluding hydrogens is 221 g/mol. The number of hydrogen-bond donors (Lipinski definition) is 1. The van der Waals surface area contributed by atoms with Crippen LogP contribution >= 0.6 is 0 Å². The van der Waals surface area contributed by atoms with Crippen molar-refractivity contribution >= 4 is 0 Å². The molecule has 0 atom stereocenters. The van der Waals surface area contributed by atoms with Crippen molar-refractivity contribution in [2.24, 2.45) is 5.73 Å². The second-order valence-corrected chi connectivity index (χ2v) is 4.53. The summed E-state index contributed by atoms with van der Waals surface area (Å²) in [5.74, 6) is -0.0647. The summed E-state index contributed by atoms with van der Waals surface area (Å²) in [5.41, 5.74) is 6.62. The van der Waals surface area contributed by atoms with E-state index in [0.29, 0.717) is 0 Å². The van der Waals surface area contributed by atoms with Gasteiger partial charge in [0.05, 0.1) is 14.2 Å². The van der Waals surface area contributed by atoms with Crippen LogP contribution in [-0.4, -0.2) is 14.2 Å². The molecule has 0 bridgehead atoms. The maximum Gasteiger partial charge on any atom is 0.207 e. The van der Waals surface area contributed by atoms with Crippen LogP contribution in [0.4, 0.5) is 4.39 Å². The smallest absolute Gasteiger partial charge is 0.207 e. The molecule has 0 aromatic heterocycles. The van der Waals surface area contributed by atoms with Crippen LogP contribution < -0.4 is 15.2 Å². The Bertz CT molecular complexity index is 414. The molecule has 2 rings (SSSR count). The topological polar surface area (TPSA) is 44.5 Å². The average molecular weight is 239 g/mol. The van der Waals surface area contributed by atoms with Crippen molar-refractivity contribution < 1.29 is 13.9 Å². The van der Waals surface area contributed by atoms with Gasteiger partial charge in [-0.2, -0.15) is 4.39 Å². The normalized spacial score (nSPS) is 18.1. The molecule has 1 aromatic carbocycles. The number of ether oxygens (including phenoxy) is 2. The van der Waals surface area contributed by atoms with Gasteiger partial charge in [-0.15, -0.1) is 0 Å². The first kappa shape index (κ1) is 12.2. The van der Waals surface area contributed by atoms with Crippen LogP contribution in [0.15, 0.2) is 12.1 Å². The molecule has 0 radical (unpaired) electrons. The van der Waals surface area contributed by atoms with E-state index in [9.17, 15) is 4.39 Å². The van der Waals surface area contributed by atoms with Gasteiger partial charge >= 0.3 is 0 Å². The van der Waals surface area contributed by atoms with E-state index in [1.165, 1.54) is 14.2 Å². The van der Waals surface area contributed by atoms with Crippen LogP contribution in [0, 0.1) is 5.82 Å². The van der Waals surface area contributed by atoms with E-state index in [2.05, 4.69) is 0 Å². The number of methoxy groups -OCH3 is 2. The van der Waals surface area contributed by atoms with Gasteiger partial charge in [-0.05, 0) is 25.0 Å². The van der Waals surface area contributed by atoms with E-state index in [-0.39, 0.29) is 11.5 Å². The van der Waals surface area contributed by atoms with Crippen LogP contribution in [0.5, 0.6) is 11.5 Å². The Morgan fingerprint density at radius 3 is 2.35 bits per heavy atom. The number of rotatable bonds is 3. The Kier molecular flexibility index (Phi) is 3.24. The number of halogens is 1. The first-order valence-electron chi connectivity index (χ1n) is 5.82. The van der Waals surface area contributed by atoms with E-state index in [0.717, 1.165) is 31.2 Å². The average Bonchev–Trinajstić information content (AvgIpc) is 2.77. The van der Waals surface area contributed by atoms with Gasteiger partial charge in [0, 0.05) is 11.1 Å². The number of benzene rings is 1. The Morgan fingerprint density at radius 1 is 1.18 bits per heavy atom. The van der Waals surface area contributed by atoms with E-state index in [1.54, 1.807) is 6.07 Å². The molecule has 17 heavy (non-hydrogen) atoms. The first-order chi connectivity index (χ1) is 8.12. The molecule has 0 amide bonds. The predicted molar refractivity (Wildman–Crippen MR) is 63.8 cm³/mol. The predicted octanol–water partition coefficient (Wildman–Crippen LogP) is 2.57. The molecule has 0 saturated heterocycles. The largest absolute Gasteiger partial charge is 0.494 e. The fraction of sp³-hybridized carbons (Fsp3) is 0.538. The van der Waals surface area contributed by atoms with E-state index in [4.69, 9.17) is 15.2 Å². The molecule has 1 fully saturated rings. The Labute approximate surface area is 101 Å². The van der Waals surface area contributed by atoms with Gasteiger partial charge in [0.25, 0.3) is 0 Å². The summed E-state index contributed by atoms with van der Waals surface area (Å²) in [6.45, 7) is 0. The highest BCUT2D eigenvalue weighted by Gasteiger charge is 2.35. The summed E-state index contributed by atoms with van der Waals surface area (Å²) < 4.78 is 24.2. The molecule has 2 N–H and O–H groups in total. The SMILES string of the molecule is COc1ccc(C2(N)CCCC2)c(OC)c1F. The van der Waals surface area contributed by atoms with Crippen LogP contribution in [0.25, 0.3) is 0 Å².